The number of nitrogen functional groups attached to an aromatic ring is 5. The zero-order valence-corrected chi connectivity index (χ0v) is 45.4. The first-order valence-electron chi connectivity index (χ1n) is 23.7. The van der Waals surface area contributed by atoms with Gasteiger partial charge in [0.25, 0.3) is 5.91 Å². The number of anilines is 6. The Hall–Kier alpha value is -11.7. The summed E-state index contributed by atoms with van der Waals surface area (Å²) in [6.45, 7) is 28.7. The van der Waals surface area contributed by atoms with Gasteiger partial charge >= 0.3 is 17.9 Å². The van der Waals surface area contributed by atoms with Gasteiger partial charge in [-0.05, 0) is 82.9 Å². The number of carboxylic acids is 1. The van der Waals surface area contributed by atoms with Crippen molar-refractivity contribution in [2.24, 2.45) is 0 Å². The van der Waals surface area contributed by atoms with E-state index in [1.54, 1.807) is 99.4 Å². The second-order valence-corrected chi connectivity index (χ2v) is 17.2. The molecule has 5 aromatic carbocycles. The highest BCUT2D eigenvalue weighted by atomic mass is 79.9. The highest BCUT2D eigenvalue weighted by Crippen LogP contribution is 2.23. The molecule has 1 amide bonds. The van der Waals surface area contributed by atoms with Crippen LogP contribution in [0.2, 0.25) is 0 Å². The smallest absolute Gasteiger partial charge is 0.337 e. The van der Waals surface area contributed by atoms with E-state index in [1.165, 1.54) is 32.5 Å². The molecule has 9 aromatic rings. The Morgan fingerprint density at radius 2 is 0.915 bits per heavy atom. The second-order valence-electron chi connectivity index (χ2n) is 16.7. The number of para-hydroxylation sites is 2. The number of hydrogen-bond acceptors (Lipinski definition) is 15. The number of carbonyl (C=O) groups is 4. The minimum absolute atomic E-state index is 0.201. The first-order valence-corrected chi connectivity index (χ1v) is 24.8. The van der Waals surface area contributed by atoms with E-state index in [-0.39, 0.29) is 40.9 Å². The molecule has 0 unspecified atom stereocenters. The average molecular weight is 1170 g/mol. The summed E-state index contributed by atoms with van der Waals surface area (Å²) in [4.78, 5) is 58.1. The molecule has 0 aliphatic heterocycles. The maximum Gasteiger partial charge on any atom is 0.337 e. The Balaban J connectivity index is 0.000000196. The monoisotopic (exact) mass is 1170 g/mol. The normalized spacial score (nSPS) is 9.79. The summed E-state index contributed by atoms with van der Waals surface area (Å²) in [6, 6.07) is 35.0. The van der Waals surface area contributed by atoms with Gasteiger partial charge in [0.2, 0.25) is 22.7 Å². The molecule has 9 rings (SSSR count). The number of aromatic nitrogens is 8. The maximum atomic E-state index is 12.3. The molecule has 0 fully saturated rings. The molecule has 0 aliphatic carbocycles. The fourth-order valence-corrected chi connectivity index (χ4v) is 7.12. The van der Waals surface area contributed by atoms with Crippen LogP contribution in [-0.2, 0) is 34.4 Å². The van der Waals surface area contributed by atoms with Gasteiger partial charge in [-0.25, -0.2) is 33.8 Å². The summed E-state index contributed by atoms with van der Waals surface area (Å²) in [5, 5.41) is 30.4. The number of halogens is 1. The number of esters is 2. The average Bonchev–Trinajstić information content (AvgIpc) is 4.28. The summed E-state index contributed by atoms with van der Waals surface area (Å²) in [7, 11) is 2.72. The van der Waals surface area contributed by atoms with Crippen LogP contribution in [0.25, 0.3) is 19.4 Å². The molecular formula is C56H51BrN18O7. The second kappa shape index (κ2) is 30.3. The molecule has 0 aliphatic rings. The standard InChI is InChI=1S/C18H16N6O.C13H12N4O2.C12H10N4O2.C9H9BrO2.C4H4N4/c1-21-16-11-24(23-17(16)20)10-12-6-8-13(9-7-12)18(25)22-15-5-3-2-4-14(15)19;1-15-11-8-17(16-12(11)14)7-9-3-5-10(6-4-9)13(18)19-2;1-14-10-7-16(15-11(10)13)6-8-2-4-9(5-3-8)12(17)18;1-12-9(11)8-4-2-7(6-10)3-5-8;1-6-3-2-7-8-4(3)5/h2-9,11H,10,19H2,(H2,20,23)(H,22,25);3-6,8H,7H2,2H3,(H2,14,16);2-5,7H,6H2,(H2,13,15)(H,17,18);2-5H,6H2,1H3;2H,(H3,5,7,8). The number of aromatic carboxylic acids is 1. The number of ether oxygens (including phenoxy) is 2. The van der Waals surface area contributed by atoms with Gasteiger partial charge < -0.3 is 48.6 Å². The lowest BCUT2D eigenvalue weighted by atomic mass is 10.1. The van der Waals surface area contributed by atoms with Crippen LogP contribution in [0, 0.1) is 26.3 Å². The van der Waals surface area contributed by atoms with Crippen molar-refractivity contribution in [3.63, 3.8) is 0 Å². The number of rotatable bonds is 12. The van der Waals surface area contributed by atoms with Crippen molar-refractivity contribution in [2.75, 3.05) is 48.2 Å². The number of H-pyrrole nitrogens is 1. The first kappa shape index (κ1) is 61.1. The van der Waals surface area contributed by atoms with Gasteiger partial charge in [0, 0.05) is 29.5 Å². The lowest BCUT2D eigenvalue weighted by molar-refractivity contribution is 0.0592. The SMILES string of the molecule is COC(=O)c1ccc(CBr)cc1.[C-]#[N+]c1cn(Cc2ccc(C(=O)Nc3ccccc3N)cc2)nc1N.[C-]#[N+]c1cn(Cc2ccc(C(=O)O)cc2)nc1N.[C-]#[N+]c1cn(Cc2ccc(C(=O)OC)cc2)nc1N.[C-]#[N+]c1cn[nH]c1N. The molecule has 0 saturated carbocycles. The lowest BCUT2D eigenvalue weighted by Crippen LogP contribution is -2.13. The van der Waals surface area contributed by atoms with Gasteiger partial charge in [0.15, 0.2) is 17.5 Å². The number of alkyl halides is 1. The molecule has 414 valence electrons. The Labute approximate surface area is 477 Å². The third-order valence-corrected chi connectivity index (χ3v) is 11.7. The Kier molecular flexibility index (Phi) is 22.6. The van der Waals surface area contributed by atoms with Crippen molar-refractivity contribution in [1.82, 2.24) is 39.5 Å². The minimum atomic E-state index is -0.958. The highest BCUT2D eigenvalue weighted by molar-refractivity contribution is 9.08. The van der Waals surface area contributed by atoms with E-state index in [2.05, 4.69) is 75.6 Å². The molecule has 4 aromatic heterocycles. The van der Waals surface area contributed by atoms with Crippen LogP contribution in [0.15, 0.2) is 146 Å². The molecule has 82 heavy (non-hydrogen) atoms. The molecular weight excluding hydrogens is 1120 g/mol. The van der Waals surface area contributed by atoms with E-state index in [0.717, 1.165) is 27.6 Å². The third kappa shape index (κ3) is 17.9. The van der Waals surface area contributed by atoms with E-state index >= 15 is 0 Å². The molecule has 13 N–H and O–H groups in total. The number of nitrogens with zero attached hydrogens (tertiary/aromatic N) is 11. The van der Waals surface area contributed by atoms with Crippen LogP contribution >= 0.6 is 15.9 Å². The van der Waals surface area contributed by atoms with E-state index in [9.17, 15) is 19.2 Å². The third-order valence-electron chi connectivity index (χ3n) is 11.0. The lowest BCUT2D eigenvalue weighted by Gasteiger charge is -2.08. The van der Waals surface area contributed by atoms with Crippen molar-refractivity contribution >= 4 is 97.1 Å². The van der Waals surface area contributed by atoms with Gasteiger partial charge in [-0.1, -0.05) is 76.6 Å². The van der Waals surface area contributed by atoms with Crippen LogP contribution < -0.4 is 34.0 Å². The topological polar surface area (TPSA) is 349 Å². The van der Waals surface area contributed by atoms with Gasteiger partial charge in [0.1, 0.15) is 5.82 Å². The summed E-state index contributed by atoms with van der Waals surface area (Å²) in [6.07, 6.45) is 6.15. The Bertz CT molecular complexity index is 3810. The van der Waals surface area contributed by atoms with E-state index in [1.807, 2.05) is 42.5 Å². The van der Waals surface area contributed by atoms with Gasteiger partial charge in [-0.15, -0.1) is 0 Å². The van der Waals surface area contributed by atoms with Gasteiger partial charge in [-0.3, -0.25) is 23.9 Å². The number of nitrogens with one attached hydrogen (secondary N) is 2. The number of methoxy groups -OCH3 is 2. The van der Waals surface area contributed by atoms with Crippen molar-refractivity contribution in [1.29, 1.82) is 0 Å². The van der Waals surface area contributed by atoms with Crippen molar-refractivity contribution in [3.8, 4) is 0 Å². The van der Waals surface area contributed by atoms with Crippen molar-refractivity contribution in [2.45, 2.75) is 25.0 Å². The summed E-state index contributed by atoms with van der Waals surface area (Å²) >= 11 is 3.32. The summed E-state index contributed by atoms with van der Waals surface area (Å²) in [5.74, 6) is -0.885. The predicted octanol–water partition coefficient (Wildman–Crippen LogP) is 9.42. The number of hydrogen-bond donors (Lipinski definition) is 8. The van der Waals surface area contributed by atoms with Gasteiger partial charge in [-0.2, -0.15) is 20.4 Å². The highest BCUT2D eigenvalue weighted by Gasteiger charge is 2.12. The number of nitrogens with two attached hydrogens (primary N) is 5. The molecule has 25 nitrogen and oxygen atoms in total. The first-order chi connectivity index (χ1) is 39.4. The zero-order valence-electron chi connectivity index (χ0n) is 43.8. The molecule has 0 saturated heterocycles. The van der Waals surface area contributed by atoms with Crippen LogP contribution in [0.3, 0.4) is 0 Å². The van der Waals surface area contributed by atoms with Crippen LogP contribution in [0.5, 0.6) is 0 Å². The molecule has 0 spiro atoms. The van der Waals surface area contributed by atoms with E-state index in [0.29, 0.717) is 76.3 Å². The molecule has 0 bridgehead atoms. The number of benzene rings is 5. The quantitative estimate of drug-likeness (QED) is 0.0244. The fraction of sp³-hybridized carbons (Fsp3) is 0.107. The fourth-order valence-electron chi connectivity index (χ4n) is 6.75. The van der Waals surface area contributed by atoms with Crippen LogP contribution in [0.1, 0.15) is 63.7 Å². The Morgan fingerprint density at radius 3 is 1.22 bits per heavy atom. The van der Waals surface area contributed by atoms with E-state index < -0.39 is 5.97 Å². The summed E-state index contributed by atoms with van der Waals surface area (Å²) in [5.41, 5.74) is 36.0. The molecule has 4 heterocycles. The summed E-state index contributed by atoms with van der Waals surface area (Å²) < 4.78 is 13.9. The molecule has 0 atom stereocenters. The zero-order chi connectivity index (χ0) is 59.7. The number of amides is 1. The number of carboxylic acid groups (broad SMARTS) is 1. The van der Waals surface area contributed by atoms with Crippen molar-refractivity contribution in [3.05, 3.63) is 236 Å². The van der Waals surface area contributed by atoms with Crippen LogP contribution in [0.4, 0.5) is 57.4 Å². The molecule has 26 heteroatoms. The van der Waals surface area contributed by atoms with E-state index in [4.69, 9.17) is 60.1 Å². The van der Waals surface area contributed by atoms with Crippen molar-refractivity contribution < 1.29 is 33.8 Å². The number of aromatic amines is 1. The maximum absolute atomic E-state index is 12.3. The van der Waals surface area contributed by atoms with Gasteiger partial charge in [0.05, 0.1) is 94.4 Å². The molecule has 0 radical (unpaired) electrons. The Morgan fingerprint density at radius 1 is 0.549 bits per heavy atom. The van der Waals surface area contributed by atoms with Crippen LogP contribution in [-0.4, -0.2) is 82.7 Å². The minimum Gasteiger partial charge on any atom is -0.478 e. The largest absolute Gasteiger partial charge is 0.478 e. The number of carbonyl (C=O) groups excluding carboxylic acids is 3. The predicted molar refractivity (Wildman–Crippen MR) is 312 cm³/mol.